The van der Waals surface area contributed by atoms with Gasteiger partial charge in [-0.15, -0.1) is 0 Å². The van der Waals surface area contributed by atoms with Crippen LogP contribution in [0.5, 0.6) is 0 Å². The molecule has 14 heavy (non-hydrogen) atoms. The first-order valence-corrected chi connectivity index (χ1v) is 4.33. The van der Waals surface area contributed by atoms with E-state index in [-0.39, 0.29) is 6.61 Å². The highest BCUT2D eigenvalue weighted by Crippen LogP contribution is 2.23. The van der Waals surface area contributed by atoms with Crippen molar-refractivity contribution in [2.75, 3.05) is 20.8 Å². The minimum atomic E-state index is -1.07. The van der Waals surface area contributed by atoms with Crippen LogP contribution in [-0.4, -0.2) is 66.9 Å². The van der Waals surface area contributed by atoms with Crippen LogP contribution in [0.1, 0.15) is 0 Å². The molecule has 1 aliphatic heterocycles. The Morgan fingerprint density at radius 2 is 1.79 bits per heavy atom. The molecule has 0 saturated carbocycles. The predicted molar refractivity (Wildman–Crippen MR) is 45.6 cm³/mol. The van der Waals surface area contributed by atoms with Gasteiger partial charge in [-0.05, 0) is 0 Å². The van der Waals surface area contributed by atoms with Crippen molar-refractivity contribution in [1.29, 1.82) is 0 Å². The highest BCUT2D eigenvalue weighted by atomic mass is 16.7. The van der Waals surface area contributed by atoms with Gasteiger partial charge in [0.15, 0.2) is 6.29 Å². The van der Waals surface area contributed by atoms with E-state index >= 15 is 0 Å². The molecule has 0 spiro atoms. The third-order valence-corrected chi connectivity index (χ3v) is 2.33. The lowest BCUT2D eigenvalue weighted by molar-refractivity contribution is -0.298. The number of aliphatic hydroxyl groups excluding tert-OH is 3. The van der Waals surface area contributed by atoms with Gasteiger partial charge in [0, 0.05) is 14.2 Å². The second-order valence-electron chi connectivity index (χ2n) is 3.14. The zero-order chi connectivity index (χ0) is 10.7. The maximum absolute atomic E-state index is 9.60. The molecule has 5 atom stereocenters. The zero-order valence-corrected chi connectivity index (χ0v) is 8.16. The van der Waals surface area contributed by atoms with Crippen LogP contribution in [0.3, 0.4) is 0 Å². The van der Waals surface area contributed by atoms with E-state index in [1.165, 1.54) is 14.2 Å². The van der Waals surface area contributed by atoms with Crippen LogP contribution in [0.2, 0.25) is 0 Å². The minimum absolute atomic E-state index is 0.354. The SMILES string of the molecule is CO[C@@H]1O[C@H](CO)[C@H](O)[C@H](OC)[C@H]1O. The summed E-state index contributed by atoms with van der Waals surface area (Å²) in [7, 11) is 2.73. The first-order valence-electron chi connectivity index (χ1n) is 4.33. The van der Waals surface area contributed by atoms with Gasteiger partial charge in [-0.2, -0.15) is 0 Å². The molecule has 1 heterocycles. The van der Waals surface area contributed by atoms with E-state index in [0.717, 1.165) is 0 Å². The van der Waals surface area contributed by atoms with Crippen molar-refractivity contribution in [3.8, 4) is 0 Å². The molecular weight excluding hydrogens is 192 g/mol. The fourth-order valence-corrected chi connectivity index (χ4v) is 1.53. The summed E-state index contributed by atoms with van der Waals surface area (Å²) in [5.41, 5.74) is 0. The summed E-state index contributed by atoms with van der Waals surface area (Å²) in [6.45, 7) is -0.354. The smallest absolute Gasteiger partial charge is 0.186 e. The molecule has 84 valence electrons. The van der Waals surface area contributed by atoms with Crippen molar-refractivity contribution in [2.24, 2.45) is 0 Å². The van der Waals surface area contributed by atoms with Crippen molar-refractivity contribution in [1.82, 2.24) is 0 Å². The van der Waals surface area contributed by atoms with Crippen LogP contribution in [0.4, 0.5) is 0 Å². The van der Waals surface area contributed by atoms with Crippen molar-refractivity contribution in [3.63, 3.8) is 0 Å². The van der Waals surface area contributed by atoms with Gasteiger partial charge in [0.1, 0.15) is 24.4 Å². The highest BCUT2D eigenvalue weighted by Gasteiger charge is 2.44. The standard InChI is InChI=1S/C8H16O6/c1-12-7-5(10)4(3-9)14-8(13-2)6(7)11/h4-11H,3H2,1-2H3/t4-,5+,6-,7+,8-/m1/s1. The van der Waals surface area contributed by atoms with Crippen molar-refractivity contribution < 1.29 is 29.5 Å². The van der Waals surface area contributed by atoms with Gasteiger partial charge in [0.25, 0.3) is 0 Å². The van der Waals surface area contributed by atoms with Crippen LogP contribution in [0.25, 0.3) is 0 Å². The summed E-state index contributed by atoms with van der Waals surface area (Å²) in [5, 5.41) is 28.1. The maximum Gasteiger partial charge on any atom is 0.186 e. The average Bonchev–Trinajstić information content (AvgIpc) is 2.19. The Hall–Kier alpha value is -0.240. The molecule has 6 heteroatoms. The van der Waals surface area contributed by atoms with Gasteiger partial charge < -0.3 is 29.5 Å². The lowest BCUT2D eigenvalue weighted by atomic mass is 9.99. The van der Waals surface area contributed by atoms with E-state index in [1.807, 2.05) is 0 Å². The van der Waals surface area contributed by atoms with Crippen LogP contribution in [0.15, 0.2) is 0 Å². The molecule has 0 amide bonds. The molecule has 6 nitrogen and oxygen atoms in total. The number of aliphatic hydroxyl groups is 3. The molecule has 0 aliphatic carbocycles. The number of hydrogen-bond acceptors (Lipinski definition) is 6. The average molecular weight is 208 g/mol. The first kappa shape index (κ1) is 11.8. The second-order valence-corrected chi connectivity index (χ2v) is 3.14. The summed E-state index contributed by atoms with van der Waals surface area (Å²) in [4.78, 5) is 0. The van der Waals surface area contributed by atoms with Gasteiger partial charge in [-0.25, -0.2) is 0 Å². The fraction of sp³-hybridized carbons (Fsp3) is 1.00. The molecule has 0 unspecified atom stereocenters. The molecule has 1 fully saturated rings. The Kier molecular flexibility index (Phi) is 4.24. The van der Waals surface area contributed by atoms with E-state index in [4.69, 9.17) is 19.3 Å². The summed E-state index contributed by atoms with van der Waals surface area (Å²) in [6, 6.07) is 0. The topological polar surface area (TPSA) is 88.4 Å². The number of hydrogen-bond donors (Lipinski definition) is 3. The van der Waals surface area contributed by atoms with E-state index in [0.29, 0.717) is 0 Å². The first-order chi connectivity index (χ1) is 6.65. The largest absolute Gasteiger partial charge is 0.394 e. The fourth-order valence-electron chi connectivity index (χ4n) is 1.53. The van der Waals surface area contributed by atoms with Gasteiger partial charge in [0.05, 0.1) is 6.61 Å². The van der Waals surface area contributed by atoms with Crippen LogP contribution >= 0.6 is 0 Å². The summed E-state index contributed by atoms with van der Waals surface area (Å²) < 4.78 is 14.8. The molecule has 1 rings (SSSR count). The summed E-state index contributed by atoms with van der Waals surface area (Å²) in [6.07, 6.45) is -4.63. The molecular formula is C8H16O6. The zero-order valence-electron chi connectivity index (χ0n) is 8.16. The van der Waals surface area contributed by atoms with Gasteiger partial charge in [-0.1, -0.05) is 0 Å². The van der Waals surface area contributed by atoms with Gasteiger partial charge in [-0.3, -0.25) is 0 Å². The van der Waals surface area contributed by atoms with E-state index < -0.39 is 30.7 Å². The summed E-state index contributed by atoms with van der Waals surface area (Å²) >= 11 is 0. The molecule has 3 N–H and O–H groups in total. The minimum Gasteiger partial charge on any atom is -0.394 e. The Balaban J connectivity index is 2.72. The lowest BCUT2D eigenvalue weighted by Gasteiger charge is -2.40. The number of ether oxygens (including phenoxy) is 3. The third kappa shape index (κ3) is 2.05. The van der Waals surface area contributed by atoms with Gasteiger partial charge >= 0.3 is 0 Å². The van der Waals surface area contributed by atoms with E-state index in [1.54, 1.807) is 0 Å². The van der Waals surface area contributed by atoms with Gasteiger partial charge in [0.2, 0.25) is 0 Å². The molecule has 0 radical (unpaired) electrons. The molecule has 1 aliphatic rings. The quantitative estimate of drug-likeness (QED) is 0.501. The van der Waals surface area contributed by atoms with Crippen LogP contribution in [-0.2, 0) is 14.2 Å². The molecule has 0 bridgehead atoms. The lowest BCUT2D eigenvalue weighted by Crippen LogP contribution is -2.59. The maximum atomic E-state index is 9.60. The number of methoxy groups -OCH3 is 2. The van der Waals surface area contributed by atoms with Crippen molar-refractivity contribution >= 4 is 0 Å². The number of rotatable bonds is 3. The second kappa shape index (κ2) is 5.01. The Labute approximate surface area is 82.0 Å². The third-order valence-electron chi connectivity index (χ3n) is 2.33. The van der Waals surface area contributed by atoms with E-state index in [9.17, 15) is 10.2 Å². The molecule has 0 aromatic rings. The van der Waals surface area contributed by atoms with Crippen molar-refractivity contribution in [3.05, 3.63) is 0 Å². The molecule has 0 aromatic carbocycles. The van der Waals surface area contributed by atoms with Crippen LogP contribution in [0, 0.1) is 0 Å². The predicted octanol–water partition coefficient (Wildman–Crippen LogP) is -1.91. The Morgan fingerprint density at radius 1 is 1.14 bits per heavy atom. The molecule has 0 aromatic heterocycles. The summed E-state index contributed by atoms with van der Waals surface area (Å²) in [5.74, 6) is 0. The normalized spacial score (nSPS) is 43.9. The Bertz CT molecular complexity index is 159. The monoisotopic (exact) mass is 208 g/mol. The molecule has 1 saturated heterocycles. The Morgan fingerprint density at radius 3 is 2.21 bits per heavy atom. The van der Waals surface area contributed by atoms with Crippen molar-refractivity contribution in [2.45, 2.75) is 30.7 Å². The highest BCUT2D eigenvalue weighted by molar-refractivity contribution is 4.89. The van der Waals surface area contributed by atoms with E-state index in [2.05, 4.69) is 0 Å². The van der Waals surface area contributed by atoms with Crippen LogP contribution < -0.4 is 0 Å².